The topological polar surface area (TPSA) is 63.2 Å². The number of ether oxygens (including phenoxy) is 5. The molecule has 6 heteroatoms. The minimum Gasteiger partial charge on any atom is -0.462 e. The molecule has 30 heavy (non-hydrogen) atoms. The third-order valence-electron chi connectivity index (χ3n) is 5.73. The van der Waals surface area contributed by atoms with E-state index in [0.717, 1.165) is 5.56 Å². The average molecular weight is 419 g/mol. The van der Waals surface area contributed by atoms with E-state index in [1.807, 2.05) is 44.2 Å². The van der Waals surface area contributed by atoms with Gasteiger partial charge in [-0.25, -0.2) is 0 Å². The normalized spacial score (nSPS) is 33.2. The molecule has 0 radical (unpaired) electrons. The number of benzene rings is 1. The van der Waals surface area contributed by atoms with Crippen LogP contribution in [0.3, 0.4) is 0 Å². The molecule has 2 fully saturated rings. The highest BCUT2D eigenvalue weighted by molar-refractivity contribution is 5.66. The fraction of sp³-hybridized carbons (Fsp3) is 0.625. The summed E-state index contributed by atoms with van der Waals surface area (Å²) in [6, 6.07) is 10.1. The Morgan fingerprint density at radius 2 is 2.00 bits per heavy atom. The molecule has 2 saturated heterocycles. The van der Waals surface area contributed by atoms with E-state index in [1.165, 1.54) is 6.92 Å². The lowest BCUT2D eigenvalue weighted by molar-refractivity contribution is -0.204. The van der Waals surface area contributed by atoms with Crippen molar-refractivity contribution in [1.82, 2.24) is 0 Å². The van der Waals surface area contributed by atoms with Gasteiger partial charge >= 0.3 is 5.97 Å². The van der Waals surface area contributed by atoms with Gasteiger partial charge in [0.2, 0.25) is 0 Å². The zero-order valence-electron chi connectivity index (χ0n) is 18.4. The monoisotopic (exact) mass is 418 g/mol. The van der Waals surface area contributed by atoms with E-state index in [2.05, 4.69) is 13.5 Å². The molecule has 3 rings (SSSR count). The van der Waals surface area contributed by atoms with Crippen LogP contribution in [0.5, 0.6) is 0 Å². The molecule has 166 valence electrons. The van der Waals surface area contributed by atoms with Gasteiger partial charge in [0, 0.05) is 25.9 Å². The SMILES string of the molecule is C=C[C@H]1OC(C)(C)O[C@@H]1[C@H]1C[C@@H](OC(C)=O)[C@@H](C)[C@@H](CCOCc2ccccc2)O1. The second-order valence-electron chi connectivity index (χ2n) is 8.58. The van der Waals surface area contributed by atoms with E-state index in [4.69, 9.17) is 23.7 Å². The molecule has 6 atom stereocenters. The maximum absolute atomic E-state index is 11.7. The van der Waals surface area contributed by atoms with Crippen molar-refractivity contribution in [3.05, 3.63) is 48.6 Å². The third kappa shape index (κ3) is 5.91. The highest BCUT2D eigenvalue weighted by atomic mass is 16.8. The molecular formula is C24H34O6. The van der Waals surface area contributed by atoms with Crippen LogP contribution in [-0.2, 0) is 35.1 Å². The summed E-state index contributed by atoms with van der Waals surface area (Å²) in [4.78, 5) is 11.7. The van der Waals surface area contributed by atoms with Crippen molar-refractivity contribution in [3.8, 4) is 0 Å². The largest absolute Gasteiger partial charge is 0.462 e. The van der Waals surface area contributed by atoms with Crippen molar-refractivity contribution < 1.29 is 28.5 Å². The average Bonchev–Trinajstić information content (AvgIpc) is 3.03. The van der Waals surface area contributed by atoms with Gasteiger partial charge in [-0.1, -0.05) is 43.3 Å². The molecule has 0 bridgehead atoms. The molecule has 0 spiro atoms. The van der Waals surface area contributed by atoms with Crippen LogP contribution in [0.4, 0.5) is 0 Å². The van der Waals surface area contributed by atoms with Gasteiger partial charge < -0.3 is 23.7 Å². The van der Waals surface area contributed by atoms with Gasteiger partial charge in [-0.3, -0.25) is 4.79 Å². The van der Waals surface area contributed by atoms with E-state index >= 15 is 0 Å². The fourth-order valence-corrected chi connectivity index (χ4v) is 4.25. The molecule has 0 unspecified atom stereocenters. The molecule has 0 N–H and O–H groups in total. The molecule has 0 amide bonds. The molecule has 6 nitrogen and oxygen atoms in total. The first kappa shape index (κ1) is 22.9. The number of rotatable bonds is 8. The lowest BCUT2D eigenvalue weighted by Gasteiger charge is -2.42. The minimum atomic E-state index is -0.707. The molecule has 0 saturated carbocycles. The second kappa shape index (κ2) is 10.1. The summed E-state index contributed by atoms with van der Waals surface area (Å²) in [5.74, 6) is -0.931. The van der Waals surface area contributed by atoms with Crippen LogP contribution in [0.25, 0.3) is 0 Å². The zero-order chi connectivity index (χ0) is 21.7. The lowest BCUT2D eigenvalue weighted by Crippen LogP contribution is -2.51. The quantitative estimate of drug-likeness (QED) is 0.361. The Balaban J connectivity index is 1.63. The zero-order valence-corrected chi connectivity index (χ0v) is 18.4. The van der Waals surface area contributed by atoms with E-state index in [0.29, 0.717) is 26.1 Å². The van der Waals surface area contributed by atoms with E-state index < -0.39 is 5.79 Å². The standard InChI is InChI=1S/C24H34O6/c1-6-19-23(30-24(4,5)29-19)22-14-21(27-17(3)25)16(2)20(28-22)12-13-26-15-18-10-8-7-9-11-18/h6-11,16,19-23H,1,12-15H2,2-5H3/t16-,19+,20+,21+,22+,23-/m0/s1. The van der Waals surface area contributed by atoms with Crippen molar-refractivity contribution in [3.63, 3.8) is 0 Å². The van der Waals surface area contributed by atoms with Crippen molar-refractivity contribution in [2.75, 3.05) is 6.61 Å². The highest BCUT2D eigenvalue weighted by Gasteiger charge is 2.49. The summed E-state index contributed by atoms with van der Waals surface area (Å²) < 4.78 is 30.0. The molecule has 2 heterocycles. The molecule has 1 aromatic rings. The Morgan fingerprint density at radius 1 is 1.27 bits per heavy atom. The Morgan fingerprint density at radius 3 is 2.67 bits per heavy atom. The molecule has 1 aromatic carbocycles. The summed E-state index contributed by atoms with van der Waals surface area (Å²) in [5, 5.41) is 0. The number of hydrogen-bond donors (Lipinski definition) is 0. The summed E-state index contributed by atoms with van der Waals surface area (Å²) in [6.07, 6.45) is 1.85. The highest BCUT2D eigenvalue weighted by Crippen LogP contribution is 2.38. The Bertz CT molecular complexity index is 703. The fourth-order valence-electron chi connectivity index (χ4n) is 4.25. The van der Waals surface area contributed by atoms with Crippen LogP contribution in [-0.4, -0.2) is 48.9 Å². The number of carbonyl (C=O) groups is 1. The van der Waals surface area contributed by atoms with E-state index in [1.54, 1.807) is 6.08 Å². The van der Waals surface area contributed by atoms with Crippen LogP contribution < -0.4 is 0 Å². The Hall–Kier alpha value is -1.73. The number of carbonyl (C=O) groups excluding carboxylic acids is 1. The van der Waals surface area contributed by atoms with Crippen LogP contribution in [0, 0.1) is 5.92 Å². The molecule has 2 aliphatic heterocycles. The lowest BCUT2D eigenvalue weighted by atomic mass is 9.86. The molecule has 2 aliphatic rings. The summed E-state index contributed by atoms with van der Waals surface area (Å²) >= 11 is 0. The van der Waals surface area contributed by atoms with Crippen LogP contribution in [0.15, 0.2) is 43.0 Å². The van der Waals surface area contributed by atoms with Gasteiger partial charge in [-0.05, 0) is 25.8 Å². The van der Waals surface area contributed by atoms with Gasteiger partial charge in [0.15, 0.2) is 5.79 Å². The van der Waals surface area contributed by atoms with Crippen molar-refractivity contribution in [2.45, 2.75) is 83.5 Å². The maximum atomic E-state index is 11.7. The minimum absolute atomic E-state index is 0.0583. The van der Waals surface area contributed by atoms with Crippen LogP contribution >= 0.6 is 0 Å². The smallest absolute Gasteiger partial charge is 0.302 e. The first-order valence-electron chi connectivity index (χ1n) is 10.7. The van der Waals surface area contributed by atoms with E-state index in [9.17, 15) is 4.79 Å². The van der Waals surface area contributed by atoms with Crippen molar-refractivity contribution in [2.24, 2.45) is 5.92 Å². The first-order valence-corrected chi connectivity index (χ1v) is 10.7. The van der Waals surface area contributed by atoms with Gasteiger partial charge in [-0.2, -0.15) is 0 Å². The summed E-state index contributed by atoms with van der Waals surface area (Å²) in [5.41, 5.74) is 1.14. The predicted molar refractivity (Wildman–Crippen MR) is 113 cm³/mol. The number of hydrogen-bond acceptors (Lipinski definition) is 6. The number of esters is 1. The van der Waals surface area contributed by atoms with Crippen LogP contribution in [0.1, 0.15) is 46.1 Å². The summed E-state index contributed by atoms with van der Waals surface area (Å²) in [6.45, 7) is 12.3. The molecule has 0 aliphatic carbocycles. The van der Waals surface area contributed by atoms with Gasteiger partial charge in [0.1, 0.15) is 18.3 Å². The summed E-state index contributed by atoms with van der Waals surface area (Å²) in [7, 11) is 0. The second-order valence-corrected chi connectivity index (χ2v) is 8.58. The van der Waals surface area contributed by atoms with Crippen molar-refractivity contribution in [1.29, 1.82) is 0 Å². The maximum Gasteiger partial charge on any atom is 0.302 e. The third-order valence-corrected chi connectivity index (χ3v) is 5.73. The predicted octanol–water partition coefficient (Wildman–Crippen LogP) is 4.02. The Kier molecular flexibility index (Phi) is 7.69. The van der Waals surface area contributed by atoms with Crippen LogP contribution in [0.2, 0.25) is 0 Å². The van der Waals surface area contributed by atoms with Gasteiger partial charge in [0.25, 0.3) is 0 Å². The first-order chi connectivity index (χ1) is 14.3. The van der Waals surface area contributed by atoms with Gasteiger partial charge in [-0.15, -0.1) is 6.58 Å². The van der Waals surface area contributed by atoms with E-state index in [-0.39, 0.29) is 42.4 Å². The molecule has 0 aromatic heterocycles. The van der Waals surface area contributed by atoms with Crippen molar-refractivity contribution >= 4 is 5.97 Å². The Labute approximate surface area is 179 Å². The molecular weight excluding hydrogens is 384 g/mol. The van der Waals surface area contributed by atoms with Gasteiger partial charge in [0.05, 0.1) is 18.8 Å².